The van der Waals surface area contributed by atoms with E-state index in [0.717, 1.165) is 21.3 Å². The lowest BCUT2D eigenvalue weighted by atomic mass is 10.1. The van der Waals surface area contributed by atoms with Gasteiger partial charge >= 0.3 is 0 Å². The van der Waals surface area contributed by atoms with Crippen LogP contribution in [0, 0.1) is 5.82 Å². The van der Waals surface area contributed by atoms with Crippen LogP contribution >= 0.6 is 15.9 Å². The van der Waals surface area contributed by atoms with E-state index < -0.39 is 0 Å². The van der Waals surface area contributed by atoms with Crippen molar-refractivity contribution < 1.29 is 4.39 Å². The van der Waals surface area contributed by atoms with Gasteiger partial charge in [0.1, 0.15) is 5.82 Å². The molecule has 2 N–H and O–H groups in total. The van der Waals surface area contributed by atoms with Gasteiger partial charge in [-0.05, 0) is 35.4 Å². The maximum atomic E-state index is 13.5. The molecule has 0 fully saturated rings. The Labute approximate surface area is 121 Å². The highest BCUT2D eigenvalue weighted by molar-refractivity contribution is 9.10. The predicted octanol–water partition coefficient (Wildman–Crippen LogP) is 3.68. The lowest BCUT2D eigenvalue weighted by Crippen LogP contribution is -2.17. The normalized spacial score (nSPS) is 10.5. The van der Waals surface area contributed by atoms with Crippen molar-refractivity contribution in [2.24, 2.45) is 5.73 Å². The fourth-order valence-corrected chi connectivity index (χ4v) is 2.36. The molecule has 0 aliphatic carbocycles. The van der Waals surface area contributed by atoms with Crippen LogP contribution in [0.1, 0.15) is 11.1 Å². The van der Waals surface area contributed by atoms with Crippen LogP contribution in [-0.4, -0.2) is 7.05 Å². The zero-order valence-corrected chi connectivity index (χ0v) is 12.3. The number of hydrogen-bond donors (Lipinski definition) is 1. The van der Waals surface area contributed by atoms with E-state index in [2.05, 4.69) is 15.9 Å². The van der Waals surface area contributed by atoms with Gasteiger partial charge in [-0.2, -0.15) is 0 Å². The Balaban J connectivity index is 2.22. The third-order valence-corrected chi connectivity index (χ3v) is 3.76. The molecule has 2 aromatic carbocycles. The average Bonchev–Trinajstić information content (AvgIpc) is 2.40. The SMILES string of the molecule is CN(Cc1ccccc1Br)c1cc(F)cc(CN)c1. The number of halogens is 2. The molecule has 0 atom stereocenters. The first-order valence-electron chi connectivity index (χ1n) is 6.04. The number of rotatable bonds is 4. The molecule has 2 aromatic rings. The first-order chi connectivity index (χ1) is 9.10. The molecule has 2 nitrogen and oxygen atoms in total. The van der Waals surface area contributed by atoms with E-state index in [1.807, 2.05) is 42.3 Å². The van der Waals surface area contributed by atoms with Gasteiger partial charge in [-0.3, -0.25) is 0 Å². The van der Waals surface area contributed by atoms with Crippen molar-refractivity contribution in [3.05, 3.63) is 63.9 Å². The fraction of sp³-hybridized carbons (Fsp3) is 0.200. The summed E-state index contributed by atoms with van der Waals surface area (Å²) in [5.41, 5.74) is 8.36. The quantitative estimate of drug-likeness (QED) is 0.930. The number of benzene rings is 2. The monoisotopic (exact) mass is 322 g/mol. The van der Waals surface area contributed by atoms with Gasteiger partial charge in [-0.25, -0.2) is 4.39 Å². The molecule has 0 radical (unpaired) electrons. The summed E-state index contributed by atoms with van der Waals surface area (Å²) in [6, 6.07) is 12.9. The van der Waals surface area contributed by atoms with Gasteiger partial charge in [0.2, 0.25) is 0 Å². The van der Waals surface area contributed by atoms with Crippen molar-refractivity contribution in [1.29, 1.82) is 0 Å². The molecule has 19 heavy (non-hydrogen) atoms. The molecule has 0 bridgehead atoms. The molecule has 0 unspecified atom stereocenters. The first kappa shape index (κ1) is 14.0. The third kappa shape index (κ3) is 3.55. The fourth-order valence-electron chi connectivity index (χ4n) is 1.94. The molecule has 0 saturated heterocycles. The highest BCUT2D eigenvalue weighted by atomic mass is 79.9. The highest BCUT2D eigenvalue weighted by Gasteiger charge is 2.07. The van der Waals surface area contributed by atoms with Gasteiger partial charge in [-0.1, -0.05) is 34.1 Å². The second-order valence-corrected chi connectivity index (χ2v) is 5.32. The van der Waals surface area contributed by atoms with Crippen molar-refractivity contribution in [1.82, 2.24) is 0 Å². The van der Waals surface area contributed by atoms with E-state index in [4.69, 9.17) is 5.73 Å². The molecule has 100 valence electrons. The number of anilines is 1. The first-order valence-corrected chi connectivity index (χ1v) is 6.83. The Morgan fingerprint density at radius 1 is 1.21 bits per heavy atom. The summed E-state index contributed by atoms with van der Waals surface area (Å²) in [7, 11) is 1.94. The molecule has 0 amide bonds. The third-order valence-electron chi connectivity index (χ3n) is 2.98. The molecule has 2 rings (SSSR count). The molecule has 0 saturated carbocycles. The minimum absolute atomic E-state index is 0.253. The largest absolute Gasteiger partial charge is 0.370 e. The zero-order valence-electron chi connectivity index (χ0n) is 10.7. The Kier molecular flexibility index (Phi) is 4.56. The average molecular weight is 323 g/mol. The molecular weight excluding hydrogens is 307 g/mol. The Morgan fingerprint density at radius 2 is 1.95 bits per heavy atom. The summed E-state index contributed by atoms with van der Waals surface area (Å²) in [6.45, 7) is 1.04. The smallest absolute Gasteiger partial charge is 0.125 e. The van der Waals surface area contributed by atoms with Crippen LogP contribution in [0.2, 0.25) is 0 Å². The van der Waals surface area contributed by atoms with Crippen LogP contribution in [-0.2, 0) is 13.1 Å². The van der Waals surface area contributed by atoms with E-state index in [0.29, 0.717) is 13.1 Å². The number of nitrogens with zero attached hydrogens (tertiary/aromatic N) is 1. The van der Waals surface area contributed by atoms with Crippen LogP contribution < -0.4 is 10.6 Å². The van der Waals surface area contributed by atoms with Crippen LogP contribution in [0.4, 0.5) is 10.1 Å². The summed E-state index contributed by atoms with van der Waals surface area (Å²) in [6.07, 6.45) is 0. The van der Waals surface area contributed by atoms with E-state index in [-0.39, 0.29) is 5.82 Å². The minimum atomic E-state index is -0.253. The second-order valence-electron chi connectivity index (χ2n) is 4.47. The van der Waals surface area contributed by atoms with Crippen molar-refractivity contribution in [3.63, 3.8) is 0 Å². The summed E-state index contributed by atoms with van der Waals surface area (Å²) in [4.78, 5) is 2.00. The molecule has 0 aliphatic heterocycles. The van der Waals surface area contributed by atoms with Gasteiger partial charge < -0.3 is 10.6 Å². The van der Waals surface area contributed by atoms with Crippen LogP contribution in [0.15, 0.2) is 46.9 Å². The summed E-state index contributed by atoms with van der Waals surface area (Å²) < 4.78 is 14.6. The van der Waals surface area contributed by atoms with Crippen LogP contribution in [0.3, 0.4) is 0 Å². The Bertz CT molecular complexity index is 572. The van der Waals surface area contributed by atoms with Gasteiger partial charge in [0.25, 0.3) is 0 Å². The summed E-state index contributed by atoms with van der Waals surface area (Å²) in [5, 5.41) is 0. The van der Waals surface area contributed by atoms with Crippen LogP contribution in [0.5, 0.6) is 0 Å². The summed E-state index contributed by atoms with van der Waals surface area (Å²) >= 11 is 3.52. The molecule has 0 heterocycles. The van der Waals surface area contributed by atoms with Crippen LogP contribution in [0.25, 0.3) is 0 Å². The molecule has 0 aromatic heterocycles. The van der Waals surface area contributed by atoms with E-state index >= 15 is 0 Å². The van der Waals surface area contributed by atoms with E-state index in [1.54, 1.807) is 0 Å². The van der Waals surface area contributed by atoms with Crippen molar-refractivity contribution in [2.75, 3.05) is 11.9 Å². The van der Waals surface area contributed by atoms with Crippen molar-refractivity contribution in [2.45, 2.75) is 13.1 Å². The summed E-state index contributed by atoms with van der Waals surface area (Å²) in [5.74, 6) is -0.253. The molecule has 0 aliphatic rings. The maximum absolute atomic E-state index is 13.5. The lowest BCUT2D eigenvalue weighted by Gasteiger charge is -2.21. The van der Waals surface area contributed by atoms with Gasteiger partial charge in [0.15, 0.2) is 0 Å². The minimum Gasteiger partial charge on any atom is -0.370 e. The lowest BCUT2D eigenvalue weighted by molar-refractivity contribution is 0.624. The van der Waals surface area contributed by atoms with Gasteiger partial charge in [-0.15, -0.1) is 0 Å². The Morgan fingerprint density at radius 3 is 2.63 bits per heavy atom. The molecule has 4 heteroatoms. The maximum Gasteiger partial charge on any atom is 0.125 e. The molecule has 0 spiro atoms. The van der Waals surface area contributed by atoms with Gasteiger partial charge in [0, 0.05) is 30.3 Å². The standard InChI is InChI=1S/C15H16BrFN2/c1-19(10-12-4-2-3-5-15(12)16)14-7-11(9-18)6-13(17)8-14/h2-8H,9-10,18H2,1H3. The second kappa shape index (κ2) is 6.17. The van der Waals surface area contributed by atoms with Gasteiger partial charge in [0.05, 0.1) is 0 Å². The Hall–Kier alpha value is -1.39. The van der Waals surface area contributed by atoms with Crippen molar-refractivity contribution in [3.8, 4) is 0 Å². The van der Waals surface area contributed by atoms with E-state index in [9.17, 15) is 4.39 Å². The zero-order chi connectivity index (χ0) is 13.8. The predicted molar refractivity (Wildman–Crippen MR) is 80.5 cm³/mol. The number of nitrogens with two attached hydrogens (primary N) is 1. The highest BCUT2D eigenvalue weighted by Crippen LogP contribution is 2.22. The van der Waals surface area contributed by atoms with Crippen molar-refractivity contribution >= 4 is 21.6 Å². The van der Waals surface area contributed by atoms with E-state index in [1.165, 1.54) is 12.1 Å². The topological polar surface area (TPSA) is 29.3 Å². The number of hydrogen-bond acceptors (Lipinski definition) is 2. The molecular formula is C15H16BrFN2.